The van der Waals surface area contributed by atoms with Crippen LogP contribution in [0.3, 0.4) is 0 Å². The Hall–Kier alpha value is -0.180. The Kier molecular flexibility index (Phi) is 6.25. The lowest BCUT2D eigenvalue weighted by Crippen LogP contribution is -2.46. The molecule has 1 N–H and O–H groups in total. The summed E-state index contributed by atoms with van der Waals surface area (Å²) in [5, 5.41) is 4.93. The molecule has 1 aliphatic heterocycles. The van der Waals surface area contributed by atoms with Gasteiger partial charge in [-0.05, 0) is 30.6 Å². The van der Waals surface area contributed by atoms with Gasteiger partial charge in [0.25, 0.3) is 0 Å². The van der Waals surface area contributed by atoms with Gasteiger partial charge in [-0.15, -0.1) is 0 Å². The van der Waals surface area contributed by atoms with Crippen molar-refractivity contribution in [2.45, 2.75) is 78.2 Å². The second-order valence-corrected chi connectivity index (χ2v) is 8.36. The van der Waals surface area contributed by atoms with E-state index in [-0.39, 0.29) is 0 Å². The first-order chi connectivity index (χ1) is 9.61. The summed E-state index contributed by atoms with van der Waals surface area (Å²) in [6, 6.07) is 0.715. The number of hydrogen-bond acceptors (Lipinski definition) is 2. The van der Waals surface area contributed by atoms with E-state index in [2.05, 4.69) is 26.1 Å². The molecule has 0 radical (unpaired) electrons. The van der Waals surface area contributed by atoms with E-state index in [0.717, 1.165) is 12.5 Å². The monoisotopic (exact) mass is 296 g/mol. The van der Waals surface area contributed by atoms with Crippen molar-refractivity contribution in [3.63, 3.8) is 0 Å². The van der Waals surface area contributed by atoms with Crippen molar-refractivity contribution in [3.8, 4) is 0 Å². The minimum absolute atomic E-state index is 0.355. The molecular weight excluding hydrogens is 264 g/mol. The third-order valence-electron chi connectivity index (χ3n) is 4.76. The third-order valence-corrected chi connectivity index (χ3v) is 5.88. The van der Waals surface area contributed by atoms with Crippen LogP contribution in [0, 0.1) is 11.3 Å². The molecule has 0 aromatic rings. The summed E-state index contributed by atoms with van der Waals surface area (Å²) >= 11 is 1.96. The van der Waals surface area contributed by atoms with Crippen molar-refractivity contribution >= 4 is 16.9 Å². The molecule has 1 aliphatic carbocycles. The molecule has 2 unspecified atom stereocenters. The van der Waals surface area contributed by atoms with Gasteiger partial charge in [0.05, 0.1) is 0 Å². The van der Waals surface area contributed by atoms with Gasteiger partial charge in [0.2, 0.25) is 0 Å². The highest BCUT2D eigenvalue weighted by molar-refractivity contribution is 8.13. The van der Waals surface area contributed by atoms with Crippen LogP contribution in [-0.4, -0.2) is 23.5 Å². The fraction of sp³-hybridized carbons (Fsp3) is 0.941. The van der Waals surface area contributed by atoms with Crippen LogP contribution in [-0.2, 0) is 0 Å². The standard InChI is InChI=1S/C17H32N2S/c1-4-5-8-11-17(2,3)13-18-16-19-15-10-7-6-9-14(15)12-20-16/h14-15H,4-13H2,1-3H3,(H,18,19). The Labute approximate surface area is 129 Å². The van der Waals surface area contributed by atoms with Gasteiger partial charge >= 0.3 is 0 Å². The quantitative estimate of drug-likeness (QED) is 0.709. The molecule has 1 saturated heterocycles. The Morgan fingerprint density at radius 2 is 2.05 bits per heavy atom. The topological polar surface area (TPSA) is 24.4 Å². The molecule has 0 spiro atoms. The van der Waals surface area contributed by atoms with Crippen LogP contribution in [0.5, 0.6) is 0 Å². The van der Waals surface area contributed by atoms with E-state index in [0.29, 0.717) is 11.5 Å². The molecule has 0 aromatic carbocycles. The summed E-state index contributed by atoms with van der Waals surface area (Å²) in [6.45, 7) is 7.98. The molecule has 2 fully saturated rings. The fourth-order valence-electron chi connectivity index (χ4n) is 3.29. The molecule has 20 heavy (non-hydrogen) atoms. The minimum atomic E-state index is 0.355. The Bertz CT molecular complexity index is 325. The van der Waals surface area contributed by atoms with Crippen LogP contribution >= 0.6 is 11.8 Å². The average Bonchev–Trinajstić information content (AvgIpc) is 2.45. The highest BCUT2D eigenvalue weighted by Gasteiger charge is 2.30. The number of amidine groups is 1. The summed E-state index contributed by atoms with van der Waals surface area (Å²) in [5.41, 5.74) is 0.355. The number of rotatable bonds is 6. The van der Waals surface area contributed by atoms with Gasteiger partial charge in [-0.25, -0.2) is 0 Å². The fourth-order valence-corrected chi connectivity index (χ4v) is 4.45. The lowest BCUT2D eigenvalue weighted by Gasteiger charge is -2.37. The molecule has 116 valence electrons. The molecular formula is C17H32N2S. The number of fused-ring (bicyclic) bond motifs is 1. The number of hydrogen-bond donors (Lipinski definition) is 1. The molecule has 1 heterocycles. The smallest absolute Gasteiger partial charge is 0.156 e. The maximum atomic E-state index is 4.89. The molecule has 2 atom stereocenters. The largest absolute Gasteiger partial charge is 0.362 e. The van der Waals surface area contributed by atoms with Crippen LogP contribution < -0.4 is 5.32 Å². The number of unbranched alkanes of at least 4 members (excludes halogenated alkanes) is 2. The highest BCUT2D eigenvalue weighted by Crippen LogP contribution is 2.32. The zero-order valence-electron chi connectivity index (χ0n) is 13.6. The predicted molar refractivity (Wildman–Crippen MR) is 91.6 cm³/mol. The van der Waals surface area contributed by atoms with Gasteiger partial charge in [0.1, 0.15) is 0 Å². The predicted octanol–water partition coefficient (Wildman–Crippen LogP) is 4.84. The second kappa shape index (κ2) is 7.72. The van der Waals surface area contributed by atoms with E-state index < -0.39 is 0 Å². The van der Waals surface area contributed by atoms with Crippen LogP contribution in [0.4, 0.5) is 0 Å². The van der Waals surface area contributed by atoms with Gasteiger partial charge in [-0.1, -0.05) is 64.6 Å². The van der Waals surface area contributed by atoms with Crippen molar-refractivity contribution in [2.24, 2.45) is 16.3 Å². The third kappa shape index (κ3) is 4.98. The van der Waals surface area contributed by atoms with Gasteiger partial charge < -0.3 is 5.32 Å². The normalized spacial score (nSPS) is 29.1. The molecule has 2 rings (SSSR count). The van der Waals surface area contributed by atoms with Crippen LogP contribution in [0.25, 0.3) is 0 Å². The van der Waals surface area contributed by atoms with Gasteiger partial charge in [-0.3, -0.25) is 4.99 Å². The Balaban J connectivity index is 1.79. The summed E-state index contributed by atoms with van der Waals surface area (Å²) in [7, 11) is 0. The van der Waals surface area contributed by atoms with Crippen LogP contribution in [0.2, 0.25) is 0 Å². The van der Waals surface area contributed by atoms with Crippen LogP contribution in [0.1, 0.15) is 72.1 Å². The van der Waals surface area contributed by atoms with E-state index in [1.807, 2.05) is 11.8 Å². The van der Waals surface area contributed by atoms with E-state index >= 15 is 0 Å². The zero-order valence-corrected chi connectivity index (χ0v) is 14.4. The first-order valence-corrected chi connectivity index (χ1v) is 9.53. The number of aliphatic imine (C=N–C) groups is 1. The summed E-state index contributed by atoms with van der Waals surface area (Å²) < 4.78 is 0. The molecule has 0 aromatic heterocycles. The van der Waals surface area contributed by atoms with Crippen molar-refractivity contribution in [1.29, 1.82) is 0 Å². The summed E-state index contributed by atoms with van der Waals surface area (Å²) in [4.78, 5) is 4.89. The molecule has 0 bridgehead atoms. The van der Waals surface area contributed by atoms with E-state index in [1.165, 1.54) is 62.3 Å². The Morgan fingerprint density at radius 3 is 2.85 bits per heavy atom. The van der Waals surface area contributed by atoms with Gasteiger partial charge in [0, 0.05) is 18.3 Å². The number of nitrogens with zero attached hydrogens (tertiary/aromatic N) is 1. The van der Waals surface area contributed by atoms with Crippen molar-refractivity contribution in [2.75, 3.05) is 12.3 Å². The van der Waals surface area contributed by atoms with Crippen molar-refractivity contribution in [3.05, 3.63) is 0 Å². The molecule has 1 saturated carbocycles. The zero-order chi connectivity index (χ0) is 14.4. The Morgan fingerprint density at radius 1 is 1.25 bits per heavy atom. The summed E-state index contributed by atoms with van der Waals surface area (Å²) in [5.74, 6) is 2.18. The summed E-state index contributed by atoms with van der Waals surface area (Å²) in [6.07, 6.45) is 10.9. The average molecular weight is 297 g/mol. The van der Waals surface area contributed by atoms with E-state index in [1.54, 1.807) is 0 Å². The maximum absolute atomic E-state index is 4.89. The minimum Gasteiger partial charge on any atom is -0.362 e. The van der Waals surface area contributed by atoms with E-state index in [4.69, 9.17) is 4.99 Å². The van der Waals surface area contributed by atoms with Gasteiger partial charge in [0.15, 0.2) is 5.17 Å². The van der Waals surface area contributed by atoms with Crippen LogP contribution in [0.15, 0.2) is 4.99 Å². The molecule has 3 heteroatoms. The van der Waals surface area contributed by atoms with Crippen molar-refractivity contribution in [1.82, 2.24) is 5.32 Å². The molecule has 0 amide bonds. The maximum Gasteiger partial charge on any atom is 0.156 e. The van der Waals surface area contributed by atoms with Gasteiger partial charge in [-0.2, -0.15) is 0 Å². The first kappa shape index (κ1) is 16.2. The first-order valence-electron chi connectivity index (χ1n) is 8.54. The number of nitrogens with one attached hydrogen (secondary N) is 1. The lowest BCUT2D eigenvalue weighted by atomic mass is 9.86. The second-order valence-electron chi connectivity index (χ2n) is 7.35. The highest BCUT2D eigenvalue weighted by atomic mass is 32.2. The SMILES string of the molecule is CCCCCC(C)(C)CN=C1NC2CCCCC2CS1. The van der Waals surface area contributed by atoms with Crippen molar-refractivity contribution < 1.29 is 0 Å². The lowest BCUT2D eigenvalue weighted by molar-refractivity contribution is 0.308. The number of thioether (sulfide) groups is 1. The molecule has 2 nitrogen and oxygen atoms in total. The molecule has 2 aliphatic rings. The van der Waals surface area contributed by atoms with E-state index in [9.17, 15) is 0 Å².